The van der Waals surface area contributed by atoms with Crippen LogP contribution >= 0.6 is 11.3 Å². The molecule has 2 saturated carbocycles. The summed E-state index contributed by atoms with van der Waals surface area (Å²) in [5.41, 5.74) is 8.65. The second-order valence-corrected chi connectivity index (χ2v) is 8.02. The minimum absolute atomic E-state index is 0.566. The Morgan fingerprint density at radius 1 is 1.16 bits per heavy atom. The summed E-state index contributed by atoms with van der Waals surface area (Å²) in [6.45, 7) is 4.09. The van der Waals surface area contributed by atoms with Crippen LogP contribution in [0.5, 0.6) is 11.5 Å². The molecule has 5 heteroatoms. The zero-order valence-corrected chi connectivity index (χ0v) is 16.4. The number of thiazole rings is 1. The summed E-state index contributed by atoms with van der Waals surface area (Å²) in [4.78, 5) is 5.57. The minimum atomic E-state index is 0.566. The lowest BCUT2D eigenvalue weighted by Crippen LogP contribution is -1.96. The summed E-state index contributed by atoms with van der Waals surface area (Å²) in [7, 11) is 3.30. The maximum atomic E-state index is 5.83. The fraction of sp³-hybridized carbons (Fsp3) is 0.550. The van der Waals surface area contributed by atoms with Gasteiger partial charge in [-0.05, 0) is 49.3 Å². The first-order chi connectivity index (χ1) is 12.1. The number of rotatable bonds is 4. The quantitative estimate of drug-likeness (QED) is 0.825. The zero-order chi connectivity index (χ0) is 18.0. The van der Waals surface area contributed by atoms with Crippen molar-refractivity contribution in [2.75, 3.05) is 20.0 Å². The summed E-state index contributed by atoms with van der Waals surface area (Å²) in [5.74, 6) is 3.95. The SMILES string of the molecule is C1CC2CC2C1.CCc1sc(N)nc1-c1c(OC)cc(C)cc1OC. The Balaban J connectivity index is 0.000000250. The molecule has 2 unspecified atom stereocenters. The molecule has 2 aliphatic carbocycles. The Morgan fingerprint density at radius 2 is 1.76 bits per heavy atom. The number of nitrogens with two attached hydrogens (primary N) is 1. The van der Waals surface area contributed by atoms with Gasteiger partial charge in [-0.3, -0.25) is 0 Å². The highest BCUT2D eigenvalue weighted by Gasteiger charge is 2.40. The maximum Gasteiger partial charge on any atom is 0.180 e. The third-order valence-electron chi connectivity index (χ3n) is 5.14. The lowest BCUT2D eigenvalue weighted by atomic mass is 10.0. The van der Waals surface area contributed by atoms with Crippen molar-refractivity contribution in [3.63, 3.8) is 0 Å². The average molecular weight is 361 g/mol. The molecule has 4 rings (SSSR count). The van der Waals surface area contributed by atoms with Gasteiger partial charge < -0.3 is 15.2 Å². The van der Waals surface area contributed by atoms with Crippen molar-refractivity contribution >= 4 is 16.5 Å². The number of anilines is 1. The van der Waals surface area contributed by atoms with Gasteiger partial charge in [-0.15, -0.1) is 11.3 Å². The van der Waals surface area contributed by atoms with Gasteiger partial charge in [-0.1, -0.05) is 26.2 Å². The van der Waals surface area contributed by atoms with E-state index in [1.165, 1.54) is 29.6 Å². The molecule has 0 aliphatic heterocycles. The number of hydrogen-bond donors (Lipinski definition) is 1. The van der Waals surface area contributed by atoms with Crippen LogP contribution in [-0.2, 0) is 6.42 Å². The molecule has 2 fully saturated rings. The highest BCUT2D eigenvalue weighted by atomic mass is 32.1. The number of methoxy groups -OCH3 is 2. The van der Waals surface area contributed by atoms with Crippen LogP contribution in [-0.4, -0.2) is 19.2 Å². The van der Waals surface area contributed by atoms with E-state index < -0.39 is 0 Å². The first-order valence-corrected chi connectivity index (χ1v) is 9.87. The second-order valence-electron chi connectivity index (χ2n) is 6.91. The van der Waals surface area contributed by atoms with Crippen LogP contribution in [0, 0.1) is 18.8 Å². The summed E-state index contributed by atoms with van der Waals surface area (Å²) in [5, 5.41) is 0.566. The van der Waals surface area contributed by atoms with E-state index in [0.29, 0.717) is 5.13 Å². The van der Waals surface area contributed by atoms with E-state index in [1.807, 2.05) is 19.1 Å². The molecule has 2 aromatic rings. The Hall–Kier alpha value is -1.75. The fourth-order valence-electron chi connectivity index (χ4n) is 3.74. The van der Waals surface area contributed by atoms with E-state index in [4.69, 9.17) is 15.2 Å². The molecule has 0 spiro atoms. The van der Waals surface area contributed by atoms with Gasteiger partial charge in [-0.25, -0.2) is 4.98 Å². The molecule has 136 valence electrons. The fourth-order valence-corrected chi connectivity index (χ4v) is 4.52. The van der Waals surface area contributed by atoms with Crippen LogP contribution < -0.4 is 15.2 Å². The smallest absolute Gasteiger partial charge is 0.180 e. The molecule has 25 heavy (non-hydrogen) atoms. The van der Waals surface area contributed by atoms with Crippen molar-refractivity contribution in [3.8, 4) is 22.8 Å². The zero-order valence-electron chi connectivity index (χ0n) is 15.6. The monoisotopic (exact) mass is 360 g/mol. The number of hydrogen-bond acceptors (Lipinski definition) is 5. The number of aryl methyl sites for hydroxylation is 2. The van der Waals surface area contributed by atoms with Crippen molar-refractivity contribution in [3.05, 3.63) is 22.6 Å². The van der Waals surface area contributed by atoms with E-state index in [-0.39, 0.29) is 0 Å². The maximum absolute atomic E-state index is 5.83. The van der Waals surface area contributed by atoms with Gasteiger partial charge in [0.05, 0.1) is 25.5 Å². The van der Waals surface area contributed by atoms with Gasteiger partial charge in [0.15, 0.2) is 5.13 Å². The van der Waals surface area contributed by atoms with E-state index in [2.05, 4.69) is 11.9 Å². The molecule has 4 nitrogen and oxygen atoms in total. The Morgan fingerprint density at radius 3 is 2.16 bits per heavy atom. The van der Waals surface area contributed by atoms with Gasteiger partial charge in [0, 0.05) is 4.88 Å². The molecule has 0 saturated heterocycles. The molecule has 2 atom stereocenters. The van der Waals surface area contributed by atoms with Gasteiger partial charge in [0.25, 0.3) is 0 Å². The Labute approximate surface area is 154 Å². The van der Waals surface area contributed by atoms with E-state index in [0.717, 1.165) is 39.6 Å². The lowest BCUT2D eigenvalue weighted by Gasteiger charge is -2.13. The summed E-state index contributed by atoms with van der Waals surface area (Å²) in [6.07, 6.45) is 7.12. The molecule has 2 N–H and O–H groups in total. The topological polar surface area (TPSA) is 57.4 Å². The highest BCUT2D eigenvalue weighted by Crippen LogP contribution is 2.51. The van der Waals surface area contributed by atoms with Crippen LogP contribution in [0.1, 0.15) is 43.0 Å². The first-order valence-electron chi connectivity index (χ1n) is 9.05. The van der Waals surface area contributed by atoms with Crippen LogP contribution in [0.4, 0.5) is 5.13 Å². The molecular weight excluding hydrogens is 332 g/mol. The number of aromatic nitrogens is 1. The van der Waals surface area contributed by atoms with Crippen molar-refractivity contribution in [2.24, 2.45) is 11.8 Å². The normalized spacial score (nSPS) is 20.5. The van der Waals surface area contributed by atoms with Crippen molar-refractivity contribution < 1.29 is 9.47 Å². The number of benzene rings is 1. The Kier molecular flexibility index (Phi) is 5.52. The second kappa shape index (κ2) is 7.65. The van der Waals surface area contributed by atoms with Crippen LogP contribution in [0.3, 0.4) is 0 Å². The van der Waals surface area contributed by atoms with E-state index in [9.17, 15) is 0 Å². The lowest BCUT2D eigenvalue weighted by molar-refractivity contribution is 0.396. The molecule has 2 aliphatic rings. The van der Waals surface area contributed by atoms with Crippen LogP contribution in [0.15, 0.2) is 12.1 Å². The van der Waals surface area contributed by atoms with E-state index >= 15 is 0 Å². The van der Waals surface area contributed by atoms with Gasteiger partial charge in [0.1, 0.15) is 11.5 Å². The van der Waals surface area contributed by atoms with Crippen LogP contribution in [0.2, 0.25) is 0 Å². The van der Waals surface area contributed by atoms with Crippen molar-refractivity contribution in [2.45, 2.75) is 46.0 Å². The van der Waals surface area contributed by atoms with Crippen LogP contribution in [0.25, 0.3) is 11.3 Å². The molecule has 0 bridgehead atoms. The van der Waals surface area contributed by atoms with Gasteiger partial charge >= 0.3 is 0 Å². The standard InChI is InChI=1S/C14H18N2O2S.C6H10/c1-5-11-13(16-14(15)19-11)12-9(17-3)6-8(2)7-10(12)18-4;1-2-5-4-6(5)3-1/h6-7H,5H2,1-4H3,(H2,15,16);5-6H,1-4H2. The van der Waals surface area contributed by atoms with Gasteiger partial charge in [-0.2, -0.15) is 0 Å². The molecular formula is C20H28N2O2S. The van der Waals surface area contributed by atoms with Crippen molar-refractivity contribution in [1.82, 2.24) is 4.98 Å². The van der Waals surface area contributed by atoms with Gasteiger partial charge in [0.2, 0.25) is 0 Å². The third-order valence-corrected chi connectivity index (χ3v) is 6.17. The Bertz CT molecular complexity index is 708. The number of ether oxygens (including phenoxy) is 2. The average Bonchev–Trinajstić information content (AvgIpc) is 3.03. The molecule has 0 radical (unpaired) electrons. The number of nitrogens with zero attached hydrogens (tertiary/aromatic N) is 1. The highest BCUT2D eigenvalue weighted by molar-refractivity contribution is 7.15. The molecule has 1 heterocycles. The van der Waals surface area contributed by atoms with E-state index in [1.54, 1.807) is 33.5 Å². The largest absolute Gasteiger partial charge is 0.496 e. The molecule has 0 amide bonds. The summed E-state index contributed by atoms with van der Waals surface area (Å²) < 4.78 is 11.0. The predicted octanol–water partition coefficient (Wildman–Crippen LogP) is 5.09. The summed E-state index contributed by atoms with van der Waals surface area (Å²) in [6, 6.07) is 3.96. The van der Waals surface area contributed by atoms with Crippen molar-refractivity contribution in [1.29, 1.82) is 0 Å². The summed E-state index contributed by atoms with van der Waals surface area (Å²) >= 11 is 1.51. The number of fused-ring (bicyclic) bond motifs is 1. The predicted molar refractivity (Wildman–Crippen MR) is 105 cm³/mol. The third kappa shape index (κ3) is 3.92. The first kappa shape index (κ1) is 18.1. The minimum Gasteiger partial charge on any atom is -0.496 e. The molecule has 1 aromatic heterocycles. The number of nitrogen functional groups attached to an aromatic ring is 1. The molecule has 1 aromatic carbocycles.